The molecule has 1 aliphatic heterocycles. The highest BCUT2D eigenvalue weighted by molar-refractivity contribution is 5.86. The molecule has 0 amide bonds. The SMILES string of the molecule is COc1cc(O)c2c(=O)cc(-c3ccc(O[C@@H]4O[C@H](CO)[C@@H](O)[C@@H](O)[C@H]4O)c(OC)c3)oc2c1. The van der Waals surface area contributed by atoms with Crippen LogP contribution in [0.2, 0.25) is 0 Å². The molecule has 1 saturated heterocycles. The molecule has 0 unspecified atom stereocenters. The van der Waals surface area contributed by atoms with Gasteiger partial charge < -0.3 is 48.9 Å². The molecule has 0 bridgehead atoms. The predicted molar refractivity (Wildman–Crippen MR) is 117 cm³/mol. The van der Waals surface area contributed by atoms with Crippen LogP contribution in [0.5, 0.6) is 23.0 Å². The molecule has 11 heteroatoms. The van der Waals surface area contributed by atoms with Gasteiger partial charge in [-0.05, 0) is 18.2 Å². The number of fused-ring (bicyclic) bond motifs is 1. The van der Waals surface area contributed by atoms with E-state index >= 15 is 0 Å². The number of hydrogen-bond acceptors (Lipinski definition) is 11. The van der Waals surface area contributed by atoms with Crippen LogP contribution in [0.25, 0.3) is 22.3 Å². The van der Waals surface area contributed by atoms with Crippen molar-refractivity contribution in [2.45, 2.75) is 30.7 Å². The van der Waals surface area contributed by atoms with E-state index in [1.807, 2.05) is 0 Å². The summed E-state index contributed by atoms with van der Waals surface area (Å²) in [5, 5.41) is 49.6. The lowest BCUT2D eigenvalue weighted by atomic mass is 9.99. The number of phenolic OH excluding ortho intramolecular Hbond substituents is 1. The first-order chi connectivity index (χ1) is 16.3. The third kappa shape index (κ3) is 4.27. The van der Waals surface area contributed by atoms with Gasteiger partial charge in [0.2, 0.25) is 6.29 Å². The number of rotatable bonds is 6. The maximum atomic E-state index is 12.6. The van der Waals surface area contributed by atoms with Gasteiger partial charge in [-0.25, -0.2) is 0 Å². The Labute approximate surface area is 192 Å². The number of aliphatic hydroxyl groups is 4. The molecule has 0 aliphatic carbocycles. The second kappa shape index (κ2) is 9.49. The molecule has 5 atom stereocenters. The number of ether oxygens (including phenoxy) is 4. The molecule has 1 aliphatic rings. The monoisotopic (exact) mass is 476 g/mol. The number of aromatic hydroxyl groups is 1. The Morgan fingerprint density at radius 1 is 0.941 bits per heavy atom. The van der Waals surface area contributed by atoms with Gasteiger partial charge in [0, 0.05) is 23.8 Å². The molecule has 0 radical (unpaired) electrons. The first-order valence-corrected chi connectivity index (χ1v) is 10.3. The minimum atomic E-state index is -1.60. The van der Waals surface area contributed by atoms with Crippen molar-refractivity contribution in [3.05, 3.63) is 46.6 Å². The number of methoxy groups -OCH3 is 2. The standard InChI is InChI=1S/C23H24O11/c1-30-11-6-12(25)19-13(26)8-15(32-17(19)7-11)10-3-4-14(16(5-10)31-2)33-23-22(29)21(28)20(27)18(9-24)34-23/h3-8,18,20-25,27-29H,9H2,1-2H3/t18-,20-,21-,22-,23-/m1/s1. The van der Waals surface area contributed by atoms with Crippen molar-refractivity contribution in [3.8, 4) is 34.3 Å². The molecule has 0 saturated carbocycles. The zero-order chi connectivity index (χ0) is 24.6. The van der Waals surface area contributed by atoms with E-state index in [0.29, 0.717) is 11.3 Å². The molecule has 34 heavy (non-hydrogen) atoms. The van der Waals surface area contributed by atoms with Crippen molar-refractivity contribution >= 4 is 11.0 Å². The summed E-state index contributed by atoms with van der Waals surface area (Å²) >= 11 is 0. The summed E-state index contributed by atoms with van der Waals surface area (Å²) in [5.41, 5.74) is 0.108. The molecule has 3 aromatic rings. The van der Waals surface area contributed by atoms with Gasteiger partial charge in [-0.3, -0.25) is 4.79 Å². The van der Waals surface area contributed by atoms with Crippen LogP contribution in [-0.4, -0.2) is 77.1 Å². The number of hydrogen-bond donors (Lipinski definition) is 5. The van der Waals surface area contributed by atoms with Gasteiger partial charge >= 0.3 is 0 Å². The van der Waals surface area contributed by atoms with Crippen LogP contribution >= 0.6 is 0 Å². The van der Waals surface area contributed by atoms with Gasteiger partial charge in [0.1, 0.15) is 52.6 Å². The van der Waals surface area contributed by atoms with E-state index in [-0.39, 0.29) is 34.0 Å². The molecule has 0 spiro atoms. The van der Waals surface area contributed by atoms with Crippen LogP contribution in [0.1, 0.15) is 0 Å². The highest BCUT2D eigenvalue weighted by atomic mass is 16.7. The van der Waals surface area contributed by atoms with Crippen LogP contribution < -0.4 is 19.6 Å². The zero-order valence-electron chi connectivity index (χ0n) is 18.2. The summed E-state index contributed by atoms with van der Waals surface area (Å²) in [7, 11) is 2.79. The maximum Gasteiger partial charge on any atom is 0.229 e. The first kappa shape index (κ1) is 23.8. The van der Waals surface area contributed by atoms with Gasteiger partial charge in [-0.2, -0.15) is 0 Å². The average Bonchev–Trinajstić information content (AvgIpc) is 2.83. The lowest BCUT2D eigenvalue weighted by Gasteiger charge is -2.39. The lowest BCUT2D eigenvalue weighted by Crippen LogP contribution is -2.60. The van der Waals surface area contributed by atoms with Gasteiger partial charge in [-0.1, -0.05) is 0 Å². The maximum absolute atomic E-state index is 12.6. The number of phenols is 1. The fourth-order valence-corrected chi connectivity index (χ4v) is 3.71. The topological polar surface area (TPSA) is 168 Å². The fraction of sp³-hybridized carbons (Fsp3) is 0.348. The Morgan fingerprint density at radius 3 is 2.38 bits per heavy atom. The minimum Gasteiger partial charge on any atom is -0.507 e. The second-order valence-electron chi connectivity index (χ2n) is 7.68. The van der Waals surface area contributed by atoms with Gasteiger partial charge in [0.25, 0.3) is 0 Å². The highest BCUT2D eigenvalue weighted by Gasteiger charge is 2.45. The average molecular weight is 476 g/mol. The Bertz CT molecular complexity index is 1240. The summed E-state index contributed by atoms with van der Waals surface area (Å²) in [4.78, 5) is 12.6. The molecule has 182 valence electrons. The molecular formula is C23H24O11. The van der Waals surface area contributed by atoms with Crippen LogP contribution in [0.4, 0.5) is 0 Å². The van der Waals surface area contributed by atoms with E-state index in [4.69, 9.17) is 23.4 Å². The van der Waals surface area contributed by atoms with E-state index in [2.05, 4.69) is 0 Å². The smallest absolute Gasteiger partial charge is 0.229 e. The van der Waals surface area contributed by atoms with Crippen molar-refractivity contribution < 1.29 is 48.9 Å². The van der Waals surface area contributed by atoms with Crippen molar-refractivity contribution in [2.24, 2.45) is 0 Å². The fourth-order valence-electron chi connectivity index (χ4n) is 3.71. The second-order valence-corrected chi connectivity index (χ2v) is 7.68. The molecule has 1 fully saturated rings. The third-order valence-electron chi connectivity index (χ3n) is 5.56. The van der Waals surface area contributed by atoms with E-state index in [9.17, 15) is 30.3 Å². The third-order valence-corrected chi connectivity index (χ3v) is 5.56. The molecule has 1 aromatic heterocycles. The van der Waals surface area contributed by atoms with Gasteiger partial charge in [0.05, 0.1) is 20.8 Å². The quantitative estimate of drug-likeness (QED) is 0.333. The normalized spacial score (nSPS) is 24.7. The van der Waals surface area contributed by atoms with Crippen LogP contribution in [-0.2, 0) is 4.74 Å². The van der Waals surface area contributed by atoms with Crippen molar-refractivity contribution in [1.82, 2.24) is 0 Å². The Hall–Kier alpha value is -3.35. The lowest BCUT2D eigenvalue weighted by molar-refractivity contribution is -0.277. The van der Waals surface area contributed by atoms with E-state index in [0.717, 1.165) is 0 Å². The Balaban J connectivity index is 1.68. The van der Waals surface area contributed by atoms with E-state index in [1.54, 1.807) is 6.07 Å². The number of aliphatic hydroxyl groups excluding tert-OH is 4. The summed E-state index contributed by atoms with van der Waals surface area (Å²) in [6, 6.07) is 8.57. The largest absolute Gasteiger partial charge is 0.507 e. The summed E-state index contributed by atoms with van der Waals surface area (Å²) < 4.78 is 27.3. The van der Waals surface area contributed by atoms with Crippen molar-refractivity contribution in [2.75, 3.05) is 20.8 Å². The Kier molecular flexibility index (Phi) is 6.64. The zero-order valence-corrected chi connectivity index (χ0v) is 18.2. The minimum absolute atomic E-state index is 0.0130. The van der Waals surface area contributed by atoms with Gasteiger partial charge in [-0.15, -0.1) is 0 Å². The molecule has 5 N–H and O–H groups in total. The number of benzene rings is 2. The van der Waals surface area contributed by atoms with Crippen LogP contribution in [0, 0.1) is 0 Å². The first-order valence-electron chi connectivity index (χ1n) is 10.3. The molecule has 2 heterocycles. The summed E-state index contributed by atoms with van der Waals surface area (Å²) in [6.07, 6.45) is -7.24. The van der Waals surface area contributed by atoms with E-state index < -0.39 is 42.7 Å². The predicted octanol–water partition coefficient (Wildman–Crippen LogP) is 0.361. The van der Waals surface area contributed by atoms with Gasteiger partial charge in [0.15, 0.2) is 16.9 Å². The van der Waals surface area contributed by atoms with E-state index in [1.165, 1.54) is 44.6 Å². The molecule has 11 nitrogen and oxygen atoms in total. The summed E-state index contributed by atoms with van der Waals surface area (Å²) in [6.45, 7) is -0.595. The molecule has 4 rings (SSSR count). The highest BCUT2D eigenvalue weighted by Crippen LogP contribution is 2.36. The molecule has 2 aromatic carbocycles. The molecular weight excluding hydrogens is 452 g/mol. The van der Waals surface area contributed by atoms with Crippen LogP contribution in [0.15, 0.2) is 45.6 Å². The Morgan fingerprint density at radius 2 is 1.71 bits per heavy atom. The van der Waals surface area contributed by atoms with Crippen molar-refractivity contribution in [1.29, 1.82) is 0 Å². The van der Waals surface area contributed by atoms with Crippen LogP contribution in [0.3, 0.4) is 0 Å². The van der Waals surface area contributed by atoms with Crippen molar-refractivity contribution in [3.63, 3.8) is 0 Å². The summed E-state index contributed by atoms with van der Waals surface area (Å²) in [5.74, 6) is 0.535.